The van der Waals surface area contributed by atoms with Gasteiger partial charge in [-0.25, -0.2) is 0 Å². The molecule has 0 saturated carbocycles. The van der Waals surface area contributed by atoms with E-state index < -0.39 is 6.04 Å². The summed E-state index contributed by atoms with van der Waals surface area (Å²) < 4.78 is 10.7. The Morgan fingerprint density at radius 1 is 1.06 bits per heavy atom. The van der Waals surface area contributed by atoms with Gasteiger partial charge in [0.2, 0.25) is 11.8 Å². The average molecular weight is 419 g/mol. The van der Waals surface area contributed by atoms with Gasteiger partial charge in [-0.2, -0.15) is 0 Å². The summed E-state index contributed by atoms with van der Waals surface area (Å²) in [6.45, 7) is 2.42. The fraction of sp³-hybridized carbons (Fsp3) is 0.333. The molecule has 0 bridgehead atoms. The summed E-state index contributed by atoms with van der Waals surface area (Å²) in [5.41, 5.74) is 4.11. The van der Waals surface area contributed by atoms with E-state index in [-0.39, 0.29) is 24.4 Å². The number of methoxy groups -OCH3 is 2. The molecule has 1 aromatic heterocycles. The molecule has 2 aliphatic heterocycles. The number of fused-ring (bicyclic) bond motifs is 4. The number of nitrogens with one attached hydrogen (secondary N) is 1. The number of aromatic nitrogens is 1. The third kappa shape index (κ3) is 3.03. The topological polar surface area (TPSA) is 74.9 Å². The number of amides is 2. The number of ether oxygens (including phenoxy) is 2. The number of benzene rings is 2. The van der Waals surface area contributed by atoms with Gasteiger partial charge in [0.15, 0.2) is 11.5 Å². The summed E-state index contributed by atoms with van der Waals surface area (Å²) in [7, 11) is 3.17. The Balaban J connectivity index is 1.46. The van der Waals surface area contributed by atoms with Gasteiger partial charge >= 0.3 is 0 Å². The van der Waals surface area contributed by atoms with E-state index in [4.69, 9.17) is 9.47 Å². The monoisotopic (exact) mass is 419 g/mol. The van der Waals surface area contributed by atoms with Gasteiger partial charge in [0.25, 0.3) is 0 Å². The second-order valence-electron chi connectivity index (χ2n) is 8.14. The molecule has 2 aromatic carbocycles. The van der Waals surface area contributed by atoms with Crippen LogP contribution in [0.5, 0.6) is 11.5 Å². The van der Waals surface area contributed by atoms with Crippen LogP contribution in [0.25, 0.3) is 10.9 Å². The minimum Gasteiger partial charge on any atom is -0.493 e. The summed E-state index contributed by atoms with van der Waals surface area (Å²) >= 11 is 0. The molecule has 160 valence electrons. The van der Waals surface area contributed by atoms with E-state index in [9.17, 15) is 9.59 Å². The van der Waals surface area contributed by atoms with Gasteiger partial charge in [-0.15, -0.1) is 0 Å². The first-order valence-corrected chi connectivity index (χ1v) is 10.4. The largest absolute Gasteiger partial charge is 0.493 e. The van der Waals surface area contributed by atoms with Gasteiger partial charge in [-0.3, -0.25) is 9.59 Å². The maximum atomic E-state index is 13.5. The molecular formula is C24H25N3O4. The third-order valence-electron chi connectivity index (χ3n) is 6.45. The number of H-pyrrole nitrogens is 1. The zero-order valence-electron chi connectivity index (χ0n) is 17.8. The molecular weight excluding hydrogens is 394 g/mol. The Labute approximate surface area is 180 Å². The van der Waals surface area contributed by atoms with Crippen LogP contribution >= 0.6 is 0 Å². The van der Waals surface area contributed by atoms with Crippen LogP contribution in [-0.4, -0.2) is 53.4 Å². The molecule has 2 aliphatic rings. The summed E-state index contributed by atoms with van der Waals surface area (Å²) in [5, 5.41) is 1.13. The first kappa shape index (κ1) is 19.5. The molecule has 0 radical (unpaired) electrons. The lowest BCUT2D eigenvalue weighted by atomic mass is 9.90. The zero-order chi connectivity index (χ0) is 21.7. The fourth-order valence-corrected chi connectivity index (χ4v) is 4.96. The summed E-state index contributed by atoms with van der Waals surface area (Å²) in [5.74, 6) is 1.19. The van der Waals surface area contributed by atoms with Crippen LogP contribution < -0.4 is 9.47 Å². The van der Waals surface area contributed by atoms with E-state index in [1.807, 2.05) is 43.3 Å². The molecule has 1 N–H and O–H groups in total. The highest BCUT2D eigenvalue weighted by Crippen LogP contribution is 2.39. The summed E-state index contributed by atoms with van der Waals surface area (Å²) in [6, 6.07) is 13.0. The molecule has 3 aromatic rings. The maximum Gasteiger partial charge on any atom is 0.246 e. The van der Waals surface area contributed by atoms with E-state index in [0.29, 0.717) is 24.5 Å². The van der Waals surface area contributed by atoms with Crippen LogP contribution in [0.1, 0.15) is 29.8 Å². The van der Waals surface area contributed by atoms with Gasteiger partial charge < -0.3 is 24.3 Å². The minimum atomic E-state index is -0.483. The fourth-order valence-electron chi connectivity index (χ4n) is 4.96. The molecule has 7 nitrogen and oxygen atoms in total. The number of para-hydroxylation sites is 1. The predicted octanol–water partition coefficient (Wildman–Crippen LogP) is 3.04. The molecule has 1 fully saturated rings. The van der Waals surface area contributed by atoms with Gasteiger partial charge in [0.05, 0.1) is 20.3 Å². The Kier molecular flexibility index (Phi) is 4.61. The van der Waals surface area contributed by atoms with E-state index in [1.165, 1.54) is 0 Å². The van der Waals surface area contributed by atoms with Crippen LogP contribution in [0.3, 0.4) is 0 Å². The number of carbonyl (C=O) groups is 2. The number of aromatic amines is 1. The van der Waals surface area contributed by atoms with Crippen LogP contribution in [-0.2, 0) is 22.6 Å². The van der Waals surface area contributed by atoms with Crippen molar-refractivity contribution in [3.8, 4) is 11.5 Å². The number of nitrogens with zero attached hydrogens (tertiary/aromatic N) is 2. The van der Waals surface area contributed by atoms with Crippen molar-refractivity contribution < 1.29 is 19.1 Å². The second kappa shape index (κ2) is 7.34. The molecule has 7 heteroatoms. The van der Waals surface area contributed by atoms with Gasteiger partial charge in [-0.1, -0.05) is 24.3 Å². The second-order valence-corrected chi connectivity index (χ2v) is 8.14. The molecule has 5 rings (SSSR count). The first-order chi connectivity index (χ1) is 15.0. The van der Waals surface area contributed by atoms with Crippen LogP contribution in [0, 0.1) is 0 Å². The first-order valence-electron chi connectivity index (χ1n) is 10.4. The molecule has 2 atom stereocenters. The third-order valence-corrected chi connectivity index (χ3v) is 6.45. The Hall–Kier alpha value is -3.48. The van der Waals surface area contributed by atoms with Crippen molar-refractivity contribution >= 4 is 22.7 Å². The van der Waals surface area contributed by atoms with E-state index in [1.54, 1.807) is 24.0 Å². The van der Waals surface area contributed by atoms with Crippen molar-refractivity contribution in [2.45, 2.75) is 32.0 Å². The van der Waals surface area contributed by atoms with Crippen LogP contribution in [0.2, 0.25) is 0 Å². The van der Waals surface area contributed by atoms with Crippen LogP contribution in [0.4, 0.5) is 0 Å². The minimum absolute atomic E-state index is 0.0165. The average Bonchev–Trinajstić information content (AvgIpc) is 3.16. The Bertz CT molecular complexity index is 1180. The van der Waals surface area contributed by atoms with Crippen molar-refractivity contribution in [2.24, 2.45) is 0 Å². The van der Waals surface area contributed by atoms with Crippen molar-refractivity contribution in [3.63, 3.8) is 0 Å². The van der Waals surface area contributed by atoms with Crippen molar-refractivity contribution in [2.75, 3.05) is 20.8 Å². The lowest BCUT2D eigenvalue weighted by Gasteiger charge is -2.46. The molecule has 31 heavy (non-hydrogen) atoms. The van der Waals surface area contributed by atoms with Crippen molar-refractivity contribution in [1.82, 2.24) is 14.8 Å². The molecule has 2 amide bonds. The molecule has 0 spiro atoms. The number of piperazine rings is 1. The molecule has 0 aliphatic carbocycles. The lowest BCUT2D eigenvalue weighted by Crippen LogP contribution is -2.62. The summed E-state index contributed by atoms with van der Waals surface area (Å²) in [4.78, 5) is 33.4. The van der Waals surface area contributed by atoms with Crippen molar-refractivity contribution in [1.29, 1.82) is 0 Å². The van der Waals surface area contributed by atoms with E-state index >= 15 is 0 Å². The van der Waals surface area contributed by atoms with Gasteiger partial charge in [-0.05, 0) is 36.2 Å². The molecule has 1 saturated heterocycles. The SMILES string of the molecule is COc1ccc(CN2CC(=O)N3[C@H](C)c4[nH]c5ccccc5c4C[C@H]3C2=O)cc1OC. The normalized spacial score (nSPS) is 20.6. The number of rotatable bonds is 4. The molecule has 0 unspecified atom stereocenters. The Morgan fingerprint density at radius 3 is 2.61 bits per heavy atom. The highest BCUT2D eigenvalue weighted by Gasteiger charge is 2.46. The van der Waals surface area contributed by atoms with Crippen molar-refractivity contribution in [3.05, 3.63) is 59.3 Å². The summed E-state index contributed by atoms with van der Waals surface area (Å²) in [6.07, 6.45) is 0.524. The van der Waals surface area contributed by atoms with E-state index in [2.05, 4.69) is 11.1 Å². The standard InChI is InChI=1S/C24H25N3O4/c1-14-23-17(16-6-4-5-7-18(16)25-23)11-19-24(29)26(13-22(28)27(14)19)12-15-8-9-20(30-2)21(10-15)31-3/h4-10,14,19,25H,11-13H2,1-3H3/t14-,19+/m1/s1. The van der Waals surface area contributed by atoms with Gasteiger partial charge in [0, 0.05) is 29.6 Å². The number of hydrogen-bond donors (Lipinski definition) is 1. The Morgan fingerprint density at radius 2 is 1.84 bits per heavy atom. The van der Waals surface area contributed by atoms with Gasteiger partial charge in [0.1, 0.15) is 12.6 Å². The van der Waals surface area contributed by atoms with E-state index in [0.717, 1.165) is 27.7 Å². The lowest BCUT2D eigenvalue weighted by molar-refractivity contribution is -0.159. The number of hydrogen-bond acceptors (Lipinski definition) is 4. The van der Waals surface area contributed by atoms with Crippen LogP contribution in [0.15, 0.2) is 42.5 Å². The highest BCUT2D eigenvalue weighted by atomic mass is 16.5. The smallest absolute Gasteiger partial charge is 0.246 e. The predicted molar refractivity (Wildman–Crippen MR) is 116 cm³/mol. The quantitative estimate of drug-likeness (QED) is 0.705. The number of carbonyl (C=O) groups excluding carboxylic acids is 2. The molecule has 3 heterocycles. The zero-order valence-corrected chi connectivity index (χ0v) is 17.8. The maximum absolute atomic E-state index is 13.5. The highest BCUT2D eigenvalue weighted by molar-refractivity contribution is 5.97.